The number of aromatic hydroxyl groups is 1. The summed E-state index contributed by atoms with van der Waals surface area (Å²) < 4.78 is 12.9. The number of hydrogen-bond donors (Lipinski definition) is 2. The molecule has 0 saturated carbocycles. The molecule has 0 aliphatic rings. The zero-order valence-electron chi connectivity index (χ0n) is 8.27. The van der Waals surface area contributed by atoms with Crippen LogP contribution < -0.4 is 0 Å². The number of rotatable bonds is 4. The molecule has 1 aromatic rings. The SMILES string of the molecule is CN(CC(=O)O)Cc1ccc(O)c(F)c1. The number of halogens is 1. The lowest BCUT2D eigenvalue weighted by Gasteiger charge is -2.13. The minimum Gasteiger partial charge on any atom is -0.505 e. The van der Waals surface area contributed by atoms with Crippen LogP contribution in [0.25, 0.3) is 0 Å². The van der Waals surface area contributed by atoms with Gasteiger partial charge in [-0.3, -0.25) is 9.69 Å². The number of phenolic OH excluding ortho intramolecular Hbond substituents is 1. The quantitative estimate of drug-likeness (QED) is 0.784. The van der Waals surface area contributed by atoms with Crippen molar-refractivity contribution in [1.82, 2.24) is 4.90 Å². The van der Waals surface area contributed by atoms with Crippen molar-refractivity contribution in [2.75, 3.05) is 13.6 Å². The molecule has 0 aliphatic carbocycles. The fourth-order valence-electron chi connectivity index (χ4n) is 1.25. The summed E-state index contributed by atoms with van der Waals surface area (Å²) in [4.78, 5) is 11.9. The number of carboxylic acids is 1. The van der Waals surface area contributed by atoms with Crippen molar-refractivity contribution in [3.63, 3.8) is 0 Å². The van der Waals surface area contributed by atoms with E-state index in [0.29, 0.717) is 12.1 Å². The van der Waals surface area contributed by atoms with Gasteiger partial charge in [0.1, 0.15) is 0 Å². The lowest BCUT2D eigenvalue weighted by atomic mass is 10.2. The Balaban J connectivity index is 2.64. The predicted octanol–water partition coefficient (Wildman–Crippen LogP) is 1.05. The molecular formula is C10H12FNO3. The number of carboxylic acid groups (broad SMARTS) is 1. The normalized spacial score (nSPS) is 10.6. The van der Waals surface area contributed by atoms with E-state index < -0.39 is 17.5 Å². The number of aliphatic carboxylic acids is 1. The molecule has 0 unspecified atom stereocenters. The molecule has 1 aromatic carbocycles. The van der Waals surface area contributed by atoms with Crippen LogP contribution in [-0.2, 0) is 11.3 Å². The van der Waals surface area contributed by atoms with Crippen molar-refractivity contribution in [2.45, 2.75) is 6.54 Å². The van der Waals surface area contributed by atoms with Crippen molar-refractivity contribution in [3.8, 4) is 5.75 Å². The van der Waals surface area contributed by atoms with Crippen molar-refractivity contribution >= 4 is 5.97 Å². The minimum absolute atomic E-state index is 0.109. The summed E-state index contributed by atoms with van der Waals surface area (Å²) in [5.74, 6) is -2.03. The highest BCUT2D eigenvalue weighted by atomic mass is 19.1. The Kier molecular flexibility index (Phi) is 3.62. The highest BCUT2D eigenvalue weighted by Crippen LogP contribution is 2.16. The van der Waals surface area contributed by atoms with E-state index >= 15 is 0 Å². The van der Waals surface area contributed by atoms with E-state index in [9.17, 15) is 9.18 Å². The van der Waals surface area contributed by atoms with E-state index in [1.807, 2.05) is 0 Å². The van der Waals surface area contributed by atoms with Gasteiger partial charge in [0, 0.05) is 6.54 Å². The molecule has 1 rings (SSSR count). The first kappa shape index (κ1) is 11.5. The Labute approximate surface area is 86.6 Å². The standard InChI is InChI=1S/C10H12FNO3/c1-12(6-10(14)15)5-7-2-3-9(13)8(11)4-7/h2-4,13H,5-6H2,1H3,(H,14,15). The molecule has 15 heavy (non-hydrogen) atoms. The third-order valence-electron chi connectivity index (χ3n) is 1.87. The Morgan fingerprint density at radius 2 is 2.20 bits per heavy atom. The Hall–Kier alpha value is -1.62. The summed E-state index contributed by atoms with van der Waals surface area (Å²) in [6, 6.07) is 3.99. The van der Waals surface area contributed by atoms with Gasteiger partial charge in [-0.2, -0.15) is 0 Å². The lowest BCUT2D eigenvalue weighted by molar-refractivity contribution is -0.138. The molecule has 0 heterocycles. The van der Waals surface area contributed by atoms with Crippen LogP contribution in [0.3, 0.4) is 0 Å². The van der Waals surface area contributed by atoms with Gasteiger partial charge in [-0.05, 0) is 24.7 Å². The number of carbonyl (C=O) groups is 1. The molecule has 82 valence electrons. The second-order valence-electron chi connectivity index (χ2n) is 3.35. The van der Waals surface area contributed by atoms with E-state index in [-0.39, 0.29) is 6.54 Å². The van der Waals surface area contributed by atoms with Crippen molar-refractivity contribution in [2.24, 2.45) is 0 Å². The van der Waals surface area contributed by atoms with Gasteiger partial charge in [-0.1, -0.05) is 6.07 Å². The van der Waals surface area contributed by atoms with Gasteiger partial charge in [0.2, 0.25) is 0 Å². The molecule has 0 fully saturated rings. The Bertz CT molecular complexity index is 368. The summed E-state index contributed by atoms with van der Waals surface area (Å²) in [5, 5.41) is 17.4. The third kappa shape index (κ3) is 3.55. The van der Waals surface area contributed by atoms with Gasteiger partial charge in [0.05, 0.1) is 6.54 Å². The number of nitrogens with zero attached hydrogens (tertiary/aromatic N) is 1. The summed E-state index contributed by atoms with van der Waals surface area (Å²) in [5.41, 5.74) is 0.619. The van der Waals surface area contributed by atoms with Crippen LogP contribution in [-0.4, -0.2) is 34.7 Å². The molecule has 0 amide bonds. The molecule has 0 aromatic heterocycles. The highest BCUT2D eigenvalue weighted by molar-refractivity contribution is 5.69. The van der Waals surface area contributed by atoms with Crippen LogP contribution in [0.4, 0.5) is 4.39 Å². The minimum atomic E-state index is -0.934. The van der Waals surface area contributed by atoms with Crippen molar-refractivity contribution in [1.29, 1.82) is 0 Å². The molecule has 2 N–H and O–H groups in total. The monoisotopic (exact) mass is 213 g/mol. The third-order valence-corrected chi connectivity index (χ3v) is 1.87. The van der Waals surface area contributed by atoms with Gasteiger partial charge in [0.15, 0.2) is 11.6 Å². The maximum absolute atomic E-state index is 12.9. The van der Waals surface area contributed by atoms with Crippen molar-refractivity contribution in [3.05, 3.63) is 29.6 Å². The first-order valence-corrected chi connectivity index (χ1v) is 4.37. The summed E-state index contributed by atoms with van der Waals surface area (Å²) in [6.45, 7) is 0.214. The first-order valence-electron chi connectivity index (χ1n) is 4.37. The van der Waals surface area contributed by atoms with Crippen molar-refractivity contribution < 1.29 is 19.4 Å². The molecule has 0 aliphatic heterocycles. The summed E-state index contributed by atoms with van der Waals surface area (Å²) in [6.07, 6.45) is 0. The van der Waals surface area contributed by atoms with Crippen LogP contribution in [0.15, 0.2) is 18.2 Å². The number of benzene rings is 1. The van der Waals surface area contributed by atoms with Gasteiger partial charge in [-0.25, -0.2) is 4.39 Å². The van der Waals surface area contributed by atoms with E-state index in [1.54, 1.807) is 13.1 Å². The second kappa shape index (κ2) is 4.75. The maximum Gasteiger partial charge on any atom is 0.317 e. The molecule has 0 spiro atoms. The largest absolute Gasteiger partial charge is 0.505 e. The van der Waals surface area contributed by atoms with Gasteiger partial charge >= 0.3 is 5.97 Å². The van der Waals surface area contributed by atoms with Crippen LogP contribution in [0.1, 0.15) is 5.56 Å². The highest BCUT2D eigenvalue weighted by Gasteiger charge is 2.07. The zero-order valence-corrected chi connectivity index (χ0v) is 8.27. The summed E-state index contributed by atoms with van der Waals surface area (Å²) in [7, 11) is 1.62. The fraction of sp³-hybridized carbons (Fsp3) is 0.300. The molecule has 5 heteroatoms. The zero-order chi connectivity index (χ0) is 11.4. The van der Waals surface area contributed by atoms with E-state index in [1.165, 1.54) is 17.0 Å². The Morgan fingerprint density at radius 3 is 2.73 bits per heavy atom. The lowest BCUT2D eigenvalue weighted by Crippen LogP contribution is -2.25. The molecule has 0 bridgehead atoms. The number of phenols is 1. The smallest absolute Gasteiger partial charge is 0.317 e. The van der Waals surface area contributed by atoms with E-state index in [0.717, 1.165) is 0 Å². The van der Waals surface area contributed by atoms with Crippen LogP contribution >= 0.6 is 0 Å². The second-order valence-corrected chi connectivity index (χ2v) is 3.35. The van der Waals surface area contributed by atoms with Crippen LogP contribution in [0, 0.1) is 5.82 Å². The van der Waals surface area contributed by atoms with E-state index in [2.05, 4.69) is 0 Å². The average Bonchev–Trinajstić information content (AvgIpc) is 2.10. The number of likely N-dealkylation sites (N-methyl/N-ethyl adjacent to an activating group) is 1. The number of hydrogen-bond acceptors (Lipinski definition) is 3. The topological polar surface area (TPSA) is 60.8 Å². The molecule has 4 nitrogen and oxygen atoms in total. The fourth-order valence-corrected chi connectivity index (χ4v) is 1.25. The summed E-state index contributed by atoms with van der Waals surface area (Å²) >= 11 is 0. The van der Waals surface area contributed by atoms with Gasteiger partial charge < -0.3 is 10.2 Å². The first-order chi connectivity index (χ1) is 6.99. The van der Waals surface area contributed by atoms with Crippen LogP contribution in [0.5, 0.6) is 5.75 Å². The van der Waals surface area contributed by atoms with Gasteiger partial charge in [0.25, 0.3) is 0 Å². The molecule has 0 radical (unpaired) electrons. The maximum atomic E-state index is 12.9. The Morgan fingerprint density at radius 1 is 1.53 bits per heavy atom. The molecule has 0 saturated heterocycles. The van der Waals surface area contributed by atoms with Gasteiger partial charge in [-0.15, -0.1) is 0 Å². The van der Waals surface area contributed by atoms with E-state index in [4.69, 9.17) is 10.2 Å². The molecular weight excluding hydrogens is 201 g/mol. The van der Waals surface area contributed by atoms with Crippen LogP contribution in [0.2, 0.25) is 0 Å². The molecule has 0 atom stereocenters. The predicted molar refractivity (Wildman–Crippen MR) is 52.0 cm³/mol. The average molecular weight is 213 g/mol.